The van der Waals surface area contributed by atoms with E-state index in [0.29, 0.717) is 63.6 Å². The quantitative estimate of drug-likeness (QED) is 0.191. The van der Waals surface area contributed by atoms with Crippen molar-refractivity contribution in [1.82, 2.24) is 19.2 Å². The molecule has 166 valence electrons. The first-order valence-electron chi connectivity index (χ1n) is 10.1. The lowest BCUT2D eigenvalue weighted by atomic mass is 10.1. The van der Waals surface area contributed by atoms with Crippen LogP contribution in [0.25, 0.3) is 16.7 Å². The van der Waals surface area contributed by atoms with Gasteiger partial charge in [-0.15, -0.1) is 10.2 Å². The lowest BCUT2D eigenvalue weighted by molar-refractivity contribution is 0.102. The van der Waals surface area contributed by atoms with E-state index in [2.05, 4.69) is 10.2 Å². The Morgan fingerprint density at radius 2 is 1.94 bits per heavy atom. The molecule has 0 bridgehead atoms. The number of halogens is 2. The Bertz CT molecular complexity index is 1350. The molecular weight excluding hydrogens is 471 g/mol. The number of aryl methyl sites for hydroxylation is 1. The van der Waals surface area contributed by atoms with Crippen molar-refractivity contribution in [2.45, 2.75) is 25.0 Å². The summed E-state index contributed by atoms with van der Waals surface area (Å²) in [5.41, 5.74) is 1.04. The first-order valence-corrected chi connectivity index (χ1v) is 11.8. The molecule has 0 saturated carbocycles. The first-order chi connectivity index (χ1) is 15.5. The van der Waals surface area contributed by atoms with Gasteiger partial charge in [0.1, 0.15) is 0 Å². The Morgan fingerprint density at radius 3 is 2.72 bits per heavy atom. The summed E-state index contributed by atoms with van der Waals surface area (Å²) < 4.78 is 8.84. The van der Waals surface area contributed by atoms with Gasteiger partial charge in [-0.25, -0.2) is 0 Å². The number of para-hydroxylation sites is 1. The maximum Gasteiger partial charge on any atom is 0.262 e. The molecule has 0 N–H and O–H groups in total. The van der Waals surface area contributed by atoms with Crippen molar-refractivity contribution in [2.75, 3.05) is 19.0 Å². The fourth-order valence-corrected chi connectivity index (χ4v) is 4.51. The number of Topliss-reactive ketones (excluding diaryl/α,β-unsaturated/α-hetero) is 1. The van der Waals surface area contributed by atoms with Gasteiger partial charge in [0.25, 0.3) is 5.56 Å². The molecule has 2 aromatic carbocycles. The van der Waals surface area contributed by atoms with E-state index in [0.717, 1.165) is 0 Å². The molecule has 0 fully saturated rings. The van der Waals surface area contributed by atoms with E-state index in [1.54, 1.807) is 28.8 Å². The SMILES string of the molecule is CCOCCCn1c(=O)c2ccccc2n2c(SCC(=O)c3ccc(Cl)c(Cl)c3)nnc12. The van der Waals surface area contributed by atoms with Crippen LogP contribution in [0, 0.1) is 0 Å². The highest BCUT2D eigenvalue weighted by molar-refractivity contribution is 7.99. The molecule has 2 heterocycles. The summed E-state index contributed by atoms with van der Waals surface area (Å²) in [7, 11) is 0. The van der Waals surface area contributed by atoms with E-state index in [9.17, 15) is 9.59 Å². The normalized spacial score (nSPS) is 11.5. The van der Waals surface area contributed by atoms with Gasteiger partial charge in [0, 0.05) is 25.3 Å². The van der Waals surface area contributed by atoms with Crippen molar-refractivity contribution in [1.29, 1.82) is 0 Å². The number of fused-ring (bicyclic) bond motifs is 3. The predicted octanol–water partition coefficient (Wildman–Crippen LogP) is 4.75. The van der Waals surface area contributed by atoms with Gasteiger partial charge in [0.05, 0.1) is 26.7 Å². The summed E-state index contributed by atoms with van der Waals surface area (Å²) in [5.74, 6) is 0.464. The number of carbonyl (C=O) groups excluding carboxylic acids is 1. The van der Waals surface area contributed by atoms with E-state index < -0.39 is 0 Å². The van der Waals surface area contributed by atoms with Gasteiger partial charge in [-0.2, -0.15) is 0 Å². The highest BCUT2D eigenvalue weighted by Crippen LogP contribution is 2.25. The number of carbonyl (C=O) groups is 1. The molecule has 32 heavy (non-hydrogen) atoms. The molecule has 0 unspecified atom stereocenters. The second-order valence-corrected chi connectivity index (χ2v) is 8.74. The third-order valence-electron chi connectivity index (χ3n) is 4.93. The number of hydrogen-bond acceptors (Lipinski definition) is 6. The van der Waals surface area contributed by atoms with Crippen molar-refractivity contribution in [2.24, 2.45) is 0 Å². The fourth-order valence-electron chi connectivity index (χ4n) is 3.38. The summed E-state index contributed by atoms with van der Waals surface area (Å²) in [4.78, 5) is 25.8. The van der Waals surface area contributed by atoms with Gasteiger partial charge in [-0.3, -0.25) is 18.6 Å². The Kier molecular flexibility index (Phi) is 7.15. The van der Waals surface area contributed by atoms with Crippen LogP contribution in [0.2, 0.25) is 10.0 Å². The number of ketones is 1. The van der Waals surface area contributed by atoms with Crippen LogP contribution in [-0.4, -0.2) is 43.9 Å². The first kappa shape index (κ1) is 22.8. The van der Waals surface area contributed by atoms with Crippen LogP contribution in [0.15, 0.2) is 52.4 Å². The van der Waals surface area contributed by atoms with Gasteiger partial charge >= 0.3 is 0 Å². The minimum Gasteiger partial charge on any atom is -0.382 e. The van der Waals surface area contributed by atoms with Crippen molar-refractivity contribution in [3.05, 3.63) is 68.4 Å². The molecule has 0 aliphatic heterocycles. The molecule has 0 atom stereocenters. The van der Waals surface area contributed by atoms with Crippen LogP contribution < -0.4 is 5.56 Å². The van der Waals surface area contributed by atoms with Crippen molar-refractivity contribution >= 4 is 57.4 Å². The predicted molar refractivity (Wildman–Crippen MR) is 127 cm³/mol. The summed E-state index contributed by atoms with van der Waals surface area (Å²) in [6.07, 6.45) is 0.674. The van der Waals surface area contributed by atoms with Crippen LogP contribution in [0.1, 0.15) is 23.7 Å². The average molecular weight is 491 g/mol. The van der Waals surface area contributed by atoms with E-state index in [1.807, 2.05) is 29.5 Å². The summed E-state index contributed by atoms with van der Waals surface area (Å²) >= 11 is 13.2. The third kappa shape index (κ3) is 4.54. The number of benzene rings is 2. The van der Waals surface area contributed by atoms with Gasteiger partial charge in [-0.05, 0) is 43.7 Å². The van der Waals surface area contributed by atoms with Gasteiger partial charge in [-0.1, -0.05) is 47.1 Å². The van der Waals surface area contributed by atoms with Crippen LogP contribution >= 0.6 is 35.0 Å². The molecule has 0 aliphatic carbocycles. The van der Waals surface area contributed by atoms with Crippen LogP contribution in [0.3, 0.4) is 0 Å². The highest BCUT2D eigenvalue weighted by atomic mass is 35.5. The molecule has 0 radical (unpaired) electrons. The zero-order valence-electron chi connectivity index (χ0n) is 17.3. The Balaban J connectivity index is 1.68. The molecule has 0 aliphatic rings. The van der Waals surface area contributed by atoms with Gasteiger partial charge in [0.2, 0.25) is 5.78 Å². The summed E-state index contributed by atoms with van der Waals surface area (Å²) in [5, 5.41) is 10.4. The molecule has 10 heteroatoms. The lowest BCUT2D eigenvalue weighted by Crippen LogP contribution is -2.24. The standard InChI is InChI=1S/C22H20Cl2N4O3S/c1-2-31-11-5-10-27-20(30)15-6-3-4-7-18(15)28-21(27)25-26-22(28)32-13-19(29)14-8-9-16(23)17(24)12-14/h3-4,6-9,12H,2,5,10-11,13H2,1H3. The Labute approximate surface area is 198 Å². The topological polar surface area (TPSA) is 78.5 Å². The molecular formula is C22H20Cl2N4O3S. The number of thioether (sulfide) groups is 1. The maximum atomic E-state index is 13.1. The number of hydrogen-bond donors (Lipinski definition) is 0. The van der Waals surface area contributed by atoms with Gasteiger partial charge in [0.15, 0.2) is 10.9 Å². The molecule has 0 saturated heterocycles. The lowest BCUT2D eigenvalue weighted by Gasteiger charge is -2.11. The minimum absolute atomic E-state index is 0.111. The Hall–Kier alpha value is -2.39. The number of nitrogens with zero attached hydrogens (tertiary/aromatic N) is 4. The zero-order chi connectivity index (χ0) is 22.7. The van der Waals surface area contributed by atoms with Crippen LogP contribution in [0.4, 0.5) is 0 Å². The minimum atomic E-state index is -0.125. The van der Waals surface area contributed by atoms with Crippen LogP contribution in [0.5, 0.6) is 0 Å². The largest absolute Gasteiger partial charge is 0.382 e. The molecule has 0 amide bonds. The zero-order valence-corrected chi connectivity index (χ0v) is 19.6. The second-order valence-electron chi connectivity index (χ2n) is 6.98. The maximum absolute atomic E-state index is 13.1. The molecule has 0 spiro atoms. The highest BCUT2D eigenvalue weighted by Gasteiger charge is 2.18. The molecule has 7 nitrogen and oxygen atoms in total. The van der Waals surface area contributed by atoms with Crippen molar-refractivity contribution < 1.29 is 9.53 Å². The molecule has 4 rings (SSSR count). The second kappa shape index (κ2) is 10.0. The molecule has 2 aromatic heterocycles. The van der Waals surface area contributed by atoms with E-state index >= 15 is 0 Å². The molecule has 4 aromatic rings. The van der Waals surface area contributed by atoms with Crippen LogP contribution in [-0.2, 0) is 11.3 Å². The summed E-state index contributed by atoms with van der Waals surface area (Å²) in [6.45, 7) is 3.57. The van der Waals surface area contributed by atoms with Crippen molar-refractivity contribution in [3.8, 4) is 0 Å². The number of ether oxygens (including phenoxy) is 1. The fraction of sp³-hybridized carbons (Fsp3) is 0.273. The third-order valence-corrected chi connectivity index (χ3v) is 6.59. The van der Waals surface area contributed by atoms with Gasteiger partial charge < -0.3 is 4.74 Å². The van der Waals surface area contributed by atoms with Crippen molar-refractivity contribution in [3.63, 3.8) is 0 Å². The average Bonchev–Trinajstić information content (AvgIpc) is 3.22. The van der Waals surface area contributed by atoms with E-state index in [-0.39, 0.29) is 17.1 Å². The smallest absolute Gasteiger partial charge is 0.262 e. The number of aromatic nitrogens is 4. The number of rotatable bonds is 9. The van der Waals surface area contributed by atoms with E-state index in [4.69, 9.17) is 27.9 Å². The monoisotopic (exact) mass is 490 g/mol. The van der Waals surface area contributed by atoms with E-state index in [1.165, 1.54) is 11.8 Å². The Morgan fingerprint density at radius 1 is 1.12 bits per heavy atom. The summed E-state index contributed by atoms with van der Waals surface area (Å²) in [6, 6.07) is 12.1.